The van der Waals surface area contributed by atoms with Gasteiger partial charge in [-0.2, -0.15) is 5.26 Å². The molecule has 0 N–H and O–H groups in total. The highest BCUT2D eigenvalue weighted by molar-refractivity contribution is 6.10. The molecule has 2 aliphatic heterocycles. The van der Waals surface area contributed by atoms with Gasteiger partial charge in [-0.25, -0.2) is 0 Å². The molecule has 0 spiro atoms. The molecule has 0 aromatic heterocycles. The van der Waals surface area contributed by atoms with Gasteiger partial charge in [0.15, 0.2) is 0 Å². The molecule has 2 aliphatic rings. The van der Waals surface area contributed by atoms with Crippen LogP contribution in [0.2, 0.25) is 0 Å². The molecule has 1 atom stereocenters. The first-order chi connectivity index (χ1) is 12.8. The number of anilines is 1. The highest BCUT2D eigenvalue weighted by Crippen LogP contribution is 2.48. The molecule has 132 valence electrons. The molecule has 2 heterocycles. The Morgan fingerprint density at radius 2 is 1.65 bits per heavy atom. The number of nitriles is 1. The molecule has 1 fully saturated rings. The molecular formula is C22H23N3O. The maximum Gasteiger partial charge on any atom is 0.244 e. The lowest BCUT2D eigenvalue weighted by Crippen LogP contribution is -2.47. The summed E-state index contributed by atoms with van der Waals surface area (Å²) >= 11 is 0. The van der Waals surface area contributed by atoms with Gasteiger partial charge in [-0.05, 0) is 43.1 Å². The van der Waals surface area contributed by atoms with Gasteiger partial charge in [0, 0.05) is 5.69 Å². The molecule has 0 radical (unpaired) electrons. The van der Waals surface area contributed by atoms with Crippen molar-refractivity contribution >= 4 is 11.6 Å². The molecule has 1 saturated heterocycles. The van der Waals surface area contributed by atoms with Crippen LogP contribution in [0.25, 0.3) is 0 Å². The number of nitrogens with zero attached hydrogens (tertiary/aromatic N) is 3. The van der Waals surface area contributed by atoms with Crippen LogP contribution in [0.4, 0.5) is 5.69 Å². The third kappa shape index (κ3) is 2.60. The maximum absolute atomic E-state index is 13.7. The van der Waals surface area contributed by atoms with E-state index in [1.807, 2.05) is 59.5 Å². The van der Waals surface area contributed by atoms with Crippen LogP contribution in [-0.2, 0) is 10.2 Å². The number of amides is 1. The number of hydrogen-bond acceptors (Lipinski definition) is 3. The van der Waals surface area contributed by atoms with E-state index in [-0.39, 0.29) is 12.3 Å². The minimum Gasteiger partial charge on any atom is -0.298 e. The smallest absolute Gasteiger partial charge is 0.244 e. The summed E-state index contributed by atoms with van der Waals surface area (Å²) in [4.78, 5) is 17.9. The number of carbonyl (C=O) groups is 1. The van der Waals surface area contributed by atoms with Crippen molar-refractivity contribution in [2.75, 3.05) is 24.7 Å². The number of para-hydroxylation sites is 1. The second kappa shape index (κ2) is 6.93. The normalized spacial score (nSPS) is 22.9. The van der Waals surface area contributed by atoms with Gasteiger partial charge in [0.1, 0.15) is 5.41 Å². The molecule has 26 heavy (non-hydrogen) atoms. The maximum atomic E-state index is 13.7. The second-order valence-electron chi connectivity index (χ2n) is 7.18. The third-order valence-electron chi connectivity index (χ3n) is 5.67. The van der Waals surface area contributed by atoms with Crippen molar-refractivity contribution in [2.45, 2.75) is 31.1 Å². The van der Waals surface area contributed by atoms with Gasteiger partial charge >= 0.3 is 0 Å². The molecule has 1 amide bonds. The molecule has 2 aromatic rings. The Bertz CT molecular complexity index is 836. The molecule has 4 heteroatoms. The van der Waals surface area contributed by atoms with Crippen molar-refractivity contribution in [1.29, 1.82) is 5.26 Å². The van der Waals surface area contributed by atoms with E-state index >= 15 is 0 Å². The quantitative estimate of drug-likeness (QED) is 0.849. The number of carbonyl (C=O) groups excluding carboxylic acids is 1. The molecule has 4 rings (SSSR count). The Kier molecular flexibility index (Phi) is 4.48. The molecule has 4 nitrogen and oxygen atoms in total. The van der Waals surface area contributed by atoms with Crippen molar-refractivity contribution in [3.63, 3.8) is 0 Å². The van der Waals surface area contributed by atoms with E-state index in [4.69, 9.17) is 0 Å². The van der Waals surface area contributed by atoms with Gasteiger partial charge in [0.05, 0.1) is 19.2 Å². The summed E-state index contributed by atoms with van der Waals surface area (Å²) in [5.74, 6) is 0.0250. The lowest BCUT2D eigenvalue weighted by molar-refractivity contribution is -0.122. The summed E-state index contributed by atoms with van der Waals surface area (Å²) in [6.07, 6.45) is 3.80. The first-order valence-electron chi connectivity index (χ1n) is 9.33. The van der Waals surface area contributed by atoms with Gasteiger partial charge in [-0.15, -0.1) is 0 Å². The van der Waals surface area contributed by atoms with Crippen LogP contribution in [0.15, 0.2) is 54.6 Å². The van der Waals surface area contributed by atoms with Crippen molar-refractivity contribution in [1.82, 2.24) is 4.90 Å². The van der Waals surface area contributed by atoms with Crippen LogP contribution in [0, 0.1) is 11.3 Å². The van der Waals surface area contributed by atoms with Crippen LogP contribution in [0.1, 0.15) is 36.8 Å². The Labute approximate surface area is 154 Å². The highest BCUT2D eigenvalue weighted by Gasteiger charge is 2.52. The highest BCUT2D eigenvalue weighted by atomic mass is 16.2. The van der Waals surface area contributed by atoms with E-state index < -0.39 is 5.41 Å². The predicted octanol–water partition coefficient (Wildman–Crippen LogP) is 3.68. The van der Waals surface area contributed by atoms with Gasteiger partial charge in [0.25, 0.3) is 0 Å². The van der Waals surface area contributed by atoms with E-state index in [1.165, 1.54) is 19.3 Å². The summed E-state index contributed by atoms with van der Waals surface area (Å²) in [5.41, 5.74) is 1.90. The van der Waals surface area contributed by atoms with Crippen LogP contribution >= 0.6 is 0 Å². The monoisotopic (exact) mass is 345 g/mol. The number of piperidine rings is 1. The summed E-state index contributed by atoms with van der Waals surface area (Å²) in [7, 11) is 0. The van der Waals surface area contributed by atoms with Gasteiger partial charge in [-0.1, -0.05) is 55.0 Å². The Morgan fingerprint density at radius 3 is 2.38 bits per heavy atom. The van der Waals surface area contributed by atoms with E-state index in [9.17, 15) is 10.1 Å². The lowest BCUT2D eigenvalue weighted by Gasteiger charge is -2.32. The number of likely N-dealkylation sites (tertiary alicyclic amines) is 1. The van der Waals surface area contributed by atoms with Crippen molar-refractivity contribution in [2.24, 2.45) is 0 Å². The fraction of sp³-hybridized carbons (Fsp3) is 0.364. The van der Waals surface area contributed by atoms with Crippen LogP contribution < -0.4 is 4.90 Å². The van der Waals surface area contributed by atoms with E-state index in [1.54, 1.807) is 0 Å². The molecule has 0 bridgehead atoms. The zero-order chi connectivity index (χ0) is 18.0. The third-order valence-corrected chi connectivity index (χ3v) is 5.67. The summed E-state index contributed by atoms with van der Waals surface area (Å²) in [6.45, 7) is 2.67. The van der Waals surface area contributed by atoms with Gasteiger partial charge in [0.2, 0.25) is 5.91 Å². The first-order valence-corrected chi connectivity index (χ1v) is 9.33. The topological polar surface area (TPSA) is 47.3 Å². The standard InChI is InChI=1S/C22H23N3O/c23-14-13-22(18-9-3-1-4-10-18)19-11-5-6-12-20(19)25(21(22)26)17-24-15-7-2-8-16-24/h1,3-6,9-12H,2,7-8,13,15-17H2. The van der Waals surface area contributed by atoms with E-state index in [2.05, 4.69) is 11.0 Å². The number of fused-ring (bicyclic) bond motifs is 1. The molecule has 1 unspecified atom stereocenters. The molecular weight excluding hydrogens is 322 g/mol. The second-order valence-corrected chi connectivity index (χ2v) is 7.18. The fourth-order valence-corrected chi connectivity index (χ4v) is 4.36. The van der Waals surface area contributed by atoms with Crippen molar-refractivity contribution < 1.29 is 4.79 Å². The summed E-state index contributed by atoms with van der Waals surface area (Å²) in [6, 6.07) is 20.0. The Hall–Kier alpha value is -2.64. The molecule has 2 aromatic carbocycles. The predicted molar refractivity (Wildman–Crippen MR) is 102 cm³/mol. The number of rotatable bonds is 4. The zero-order valence-electron chi connectivity index (χ0n) is 14.9. The molecule has 0 saturated carbocycles. The zero-order valence-corrected chi connectivity index (χ0v) is 14.9. The largest absolute Gasteiger partial charge is 0.298 e. The summed E-state index contributed by atoms with van der Waals surface area (Å²) in [5, 5.41) is 9.57. The first kappa shape index (κ1) is 16.8. The minimum atomic E-state index is -0.900. The SMILES string of the molecule is N#CCC1(c2ccccc2)C(=O)N(CN2CCCCC2)c2ccccc21. The van der Waals surface area contributed by atoms with Crippen molar-refractivity contribution in [3.05, 3.63) is 65.7 Å². The fourth-order valence-electron chi connectivity index (χ4n) is 4.36. The number of hydrogen-bond donors (Lipinski definition) is 0. The van der Waals surface area contributed by atoms with E-state index in [0.717, 1.165) is 29.9 Å². The Morgan fingerprint density at radius 1 is 0.962 bits per heavy atom. The van der Waals surface area contributed by atoms with Gasteiger partial charge in [-0.3, -0.25) is 14.6 Å². The van der Waals surface area contributed by atoms with Crippen LogP contribution in [0.5, 0.6) is 0 Å². The summed E-state index contributed by atoms with van der Waals surface area (Å²) < 4.78 is 0. The Balaban J connectivity index is 1.80. The van der Waals surface area contributed by atoms with Crippen LogP contribution in [0.3, 0.4) is 0 Å². The van der Waals surface area contributed by atoms with Crippen LogP contribution in [-0.4, -0.2) is 30.6 Å². The average molecular weight is 345 g/mol. The molecule has 0 aliphatic carbocycles. The lowest BCUT2D eigenvalue weighted by atomic mass is 9.73. The number of benzene rings is 2. The van der Waals surface area contributed by atoms with Gasteiger partial charge < -0.3 is 0 Å². The minimum absolute atomic E-state index is 0.0250. The van der Waals surface area contributed by atoms with E-state index in [0.29, 0.717) is 6.67 Å². The van der Waals surface area contributed by atoms with Crippen molar-refractivity contribution in [3.8, 4) is 6.07 Å². The average Bonchev–Trinajstić information content (AvgIpc) is 2.93.